The Kier molecular flexibility index (Phi) is 10.4. The SMILES string of the molecule is c1ccc(-c2ccc(-c3cc(-c4nc(-c5ccccc5)nc(-c5ccccc5)n4)cc(-c4ccc(-c5ccccc5)cc4)c3-n3c4ccccc4c4c3ccc3c5ccccc5n(-c5ccccc5)c34)cc2)cc1. The van der Waals surface area contributed by atoms with Crippen LogP contribution in [0.15, 0.2) is 273 Å². The second-order valence-corrected chi connectivity index (χ2v) is 18.7. The maximum Gasteiger partial charge on any atom is 0.164 e. The van der Waals surface area contributed by atoms with E-state index in [1.165, 1.54) is 43.7 Å². The van der Waals surface area contributed by atoms with Crippen LogP contribution in [-0.4, -0.2) is 24.1 Å². The predicted molar refractivity (Wildman–Crippen MR) is 307 cm³/mol. The third-order valence-corrected chi connectivity index (χ3v) is 14.4. The number of benzene rings is 11. The Morgan fingerprint density at radius 1 is 0.243 bits per heavy atom. The molecule has 0 N–H and O–H groups in total. The fraction of sp³-hybridized carbons (Fsp3) is 0. The van der Waals surface area contributed by atoms with Gasteiger partial charge in [-0.25, -0.2) is 15.0 Å². The Balaban J connectivity index is 1.11. The van der Waals surface area contributed by atoms with Gasteiger partial charge < -0.3 is 9.13 Å². The second kappa shape index (κ2) is 18.0. The maximum atomic E-state index is 5.33. The lowest BCUT2D eigenvalue weighted by Gasteiger charge is -2.21. The van der Waals surface area contributed by atoms with Crippen LogP contribution in [0.2, 0.25) is 0 Å². The number of fused-ring (bicyclic) bond motifs is 7. The molecular weight excluding hydrogens is 899 g/mol. The fourth-order valence-corrected chi connectivity index (χ4v) is 10.9. The molecule has 0 radical (unpaired) electrons. The van der Waals surface area contributed by atoms with Crippen molar-refractivity contribution in [1.82, 2.24) is 24.1 Å². The van der Waals surface area contributed by atoms with E-state index in [2.05, 4.69) is 246 Å². The molecular formula is C69H45N5. The van der Waals surface area contributed by atoms with E-state index in [0.29, 0.717) is 17.5 Å². The van der Waals surface area contributed by atoms with Gasteiger partial charge >= 0.3 is 0 Å². The Morgan fingerprint density at radius 2 is 0.622 bits per heavy atom. The number of hydrogen-bond acceptors (Lipinski definition) is 3. The molecule has 74 heavy (non-hydrogen) atoms. The summed E-state index contributed by atoms with van der Waals surface area (Å²) in [7, 11) is 0. The molecule has 0 bridgehead atoms. The van der Waals surface area contributed by atoms with Crippen molar-refractivity contribution in [3.8, 4) is 90.0 Å². The standard InChI is InChI=1S/C69H45N5/c1-6-20-46(21-7-1)48-34-38-50(39-35-48)59-44-54(69-71-67(52-24-10-3-11-25-52)70-68(72-69)53-26-12-4-13-27-53)45-60(51-40-36-49(37-41-51)47-22-8-2-9-23-47)65(59)74-62-33-19-17-31-58(62)64-63(74)43-42-57-56-30-16-18-32-61(56)73(66(57)64)55-28-14-5-15-29-55/h1-45H. The molecule has 11 aromatic carbocycles. The highest BCUT2D eigenvalue weighted by molar-refractivity contribution is 6.26. The summed E-state index contributed by atoms with van der Waals surface area (Å²) in [6.07, 6.45) is 0. The number of rotatable bonds is 9. The van der Waals surface area contributed by atoms with Gasteiger partial charge in [-0.15, -0.1) is 0 Å². The summed E-state index contributed by atoms with van der Waals surface area (Å²) in [4.78, 5) is 15.8. The summed E-state index contributed by atoms with van der Waals surface area (Å²) < 4.78 is 4.97. The lowest BCUT2D eigenvalue weighted by atomic mass is 9.91. The zero-order chi connectivity index (χ0) is 49.0. The Bertz CT molecular complexity index is 4190. The number of nitrogens with zero attached hydrogens (tertiary/aromatic N) is 5. The van der Waals surface area contributed by atoms with Gasteiger partial charge in [0.1, 0.15) is 0 Å². The summed E-state index contributed by atoms with van der Waals surface area (Å²) in [6.45, 7) is 0. The lowest BCUT2D eigenvalue weighted by molar-refractivity contribution is 1.07. The van der Waals surface area contributed by atoms with Crippen LogP contribution in [0, 0.1) is 0 Å². The van der Waals surface area contributed by atoms with Gasteiger partial charge in [-0.2, -0.15) is 0 Å². The molecule has 346 valence electrons. The Hall–Kier alpha value is -9.97. The van der Waals surface area contributed by atoms with Gasteiger partial charge in [-0.1, -0.05) is 231 Å². The highest BCUT2D eigenvalue weighted by Crippen LogP contribution is 2.47. The third-order valence-electron chi connectivity index (χ3n) is 14.4. The molecule has 0 spiro atoms. The van der Waals surface area contributed by atoms with E-state index in [1.807, 2.05) is 36.4 Å². The van der Waals surface area contributed by atoms with Crippen LogP contribution in [0.5, 0.6) is 0 Å². The summed E-state index contributed by atoms with van der Waals surface area (Å²) >= 11 is 0. The molecule has 0 saturated heterocycles. The molecule has 0 amide bonds. The fourth-order valence-electron chi connectivity index (χ4n) is 10.9. The minimum absolute atomic E-state index is 0.588. The van der Waals surface area contributed by atoms with Crippen LogP contribution in [0.3, 0.4) is 0 Å². The van der Waals surface area contributed by atoms with E-state index in [9.17, 15) is 0 Å². The first-order chi connectivity index (χ1) is 36.7. The smallest absolute Gasteiger partial charge is 0.164 e. The van der Waals surface area contributed by atoms with Crippen LogP contribution >= 0.6 is 0 Å². The molecule has 0 aliphatic rings. The van der Waals surface area contributed by atoms with Crippen molar-refractivity contribution in [3.05, 3.63) is 273 Å². The molecule has 14 rings (SSSR count). The predicted octanol–water partition coefficient (Wildman–Crippen LogP) is 17.7. The normalized spacial score (nSPS) is 11.5. The van der Waals surface area contributed by atoms with Gasteiger partial charge in [-0.05, 0) is 75.8 Å². The summed E-state index contributed by atoms with van der Waals surface area (Å²) in [5, 5.41) is 4.79. The molecule has 0 fully saturated rings. The lowest BCUT2D eigenvalue weighted by Crippen LogP contribution is -2.04. The van der Waals surface area contributed by atoms with Crippen molar-refractivity contribution < 1.29 is 0 Å². The molecule has 3 heterocycles. The van der Waals surface area contributed by atoms with Gasteiger partial charge in [0.15, 0.2) is 17.5 Å². The first kappa shape index (κ1) is 42.9. The van der Waals surface area contributed by atoms with E-state index >= 15 is 0 Å². The first-order valence-corrected chi connectivity index (χ1v) is 25.1. The number of para-hydroxylation sites is 3. The van der Waals surface area contributed by atoms with E-state index in [0.717, 1.165) is 72.5 Å². The molecule has 0 saturated carbocycles. The van der Waals surface area contributed by atoms with Crippen molar-refractivity contribution in [2.24, 2.45) is 0 Å². The molecule has 3 aromatic heterocycles. The van der Waals surface area contributed by atoms with Crippen LogP contribution in [0.25, 0.3) is 134 Å². The molecule has 5 heteroatoms. The van der Waals surface area contributed by atoms with E-state index in [4.69, 9.17) is 15.0 Å². The monoisotopic (exact) mass is 943 g/mol. The van der Waals surface area contributed by atoms with Crippen LogP contribution < -0.4 is 0 Å². The zero-order valence-electron chi connectivity index (χ0n) is 40.2. The van der Waals surface area contributed by atoms with Gasteiger partial charge in [0.2, 0.25) is 0 Å². The highest BCUT2D eigenvalue weighted by Gasteiger charge is 2.26. The van der Waals surface area contributed by atoms with Crippen molar-refractivity contribution in [3.63, 3.8) is 0 Å². The Morgan fingerprint density at radius 3 is 1.12 bits per heavy atom. The number of hydrogen-bond donors (Lipinski definition) is 0. The minimum atomic E-state index is 0.588. The van der Waals surface area contributed by atoms with Gasteiger partial charge in [-0.3, -0.25) is 0 Å². The molecule has 0 aliphatic carbocycles. The van der Waals surface area contributed by atoms with Crippen molar-refractivity contribution >= 4 is 43.6 Å². The van der Waals surface area contributed by atoms with Gasteiger partial charge in [0.05, 0.1) is 27.8 Å². The van der Waals surface area contributed by atoms with Crippen LogP contribution in [0.1, 0.15) is 0 Å². The average molecular weight is 944 g/mol. The molecule has 0 aliphatic heterocycles. The van der Waals surface area contributed by atoms with E-state index < -0.39 is 0 Å². The molecule has 0 unspecified atom stereocenters. The summed E-state index contributed by atoms with van der Waals surface area (Å²) in [6, 6.07) is 97.4. The Labute approximate surface area is 428 Å². The van der Waals surface area contributed by atoms with Gasteiger partial charge in [0, 0.05) is 55.0 Å². The molecule has 14 aromatic rings. The molecule has 5 nitrogen and oxygen atoms in total. The second-order valence-electron chi connectivity index (χ2n) is 18.7. The van der Waals surface area contributed by atoms with E-state index in [-0.39, 0.29) is 0 Å². The maximum absolute atomic E-state index is 5.33. The number of aromatic nitrogens is 5. The van der Waals surface area contributed by atoms with E-state index in [1.54, 1.807) is 0 Å². The van der Waals surface area contributed by atoms with Crippen molar-refractivity contribution in [2.45, 2.75) is 0 Å². The van der Waals surface area contributed by atoms with Crippen molar-refractivity contribution in [1.29, 1.82) is 0 Å². The van der Waals surface area contributed by atoms with Crippen molar-refractivity contribution in [2.75, 3.05) is 0 Å². The van der Waals surface area contributed by atoms with Crippen LogP contribution in [-0.2, 0) is 0 Å². The average Bonchev–Trinajstić information content (AvgIpc) is 4.01. The first-order valence-electron chi connectivity index (χ1n) is 25.1. The minimum Gasteiger partial charge on any atom is -0.309 e. The quantitative estimate of drug-likeness (QED) is 0.145. The van der Waals surface area contributed by atoms with Crippen LogP contribution in [0.4, 0.5) is 0 Å². The largest absolute Gasteiger partial charge is 0.309 e. The van der Waals surface area contributed by atoms with Gasteiger partial charge in [0.25, 0.3) is 0 Å². The third kappa shape index (κ3) is 7.37. The summed E-state index contributed by atoms with van der Waals surface area (Å²) in [5.74, 6) is 1.81. The zero-order valence-corrected chi connectivity index (χ0v) is 40.2. The topological polar surface area (TPSA) is 48.5 Å². The highest BCUT2D eigenvalue weighted by atomic mass is 15.0. The molecule has 0 atom stereocenters. The summed E-state index contributed by atoms with van der Waals surface area (Å²) in [5.41, 5.74) is 18.3.